The van der Waals surface area contributed by atoms with Crippen LogP contribution < -0.4 is 0 Å². The van der Waals surface area contributed by atoms with Gasteiger partial charge in [-0.05, 0) is 40.0 Å². The third-order valence-corrected chi connectivity index (χ3v) is 3.02. The lowest BCUT2D eigenvalue weighted by Crippen LogP contribution is -2.56. The van der Waals surface area contributed by atoms with Gasteiger partial charge >= 0.3 is 6.09 Å². The summed E-state index contributed by atoms with van der Waals surface area (Å²) in [5, 5.41) is 0. The molecule has 1 unspecified atom stereocenters. The van der Waals surface area contributed by atoms with E-state index < -0.39 is 17.2 Å². The van der Waals surface area contributed by atoms with Crippen molar-refractivity contribution >= 4 is 12.4 Å². The number of amides is 1. The van der Waals surface area contributed by atoms with Crippen LogP contribution in [0, 0.1) is 12.3 Å². The summed E-state index contributed by atoms with van der Waals surface area (Å²) >= 11 is 0. The van der Waals surface area contributed by atoms with Gasteiger partial charge in [0, 0.05) is 13.0 Å². The van der Waals surface area contributed by atoms with Gasteiger partial charge in [0.05, 0.1) is 0 Å². The lowest BCUT2D eigenvalue weighted by molar-refractivity contribution is -0.120. The number of nitrogens with zero attached hydrogens (tertiary/aromatic N) is 1. The summed E-state index contributed by atoms with van der Waals surface area (Å²) in [6.45, 7) is 5.94. The highest BCUT2D eigenvalue weighted by Crippen LogP contribution is 2.30. The van der Waals surface area contributed by atoms with Crippen LogP contribution in [0.3, 0.4) is 0 Å². The molecular weight excluding hydrogens is 230 g/mol. The second kappa shape index (κ2) is 5.43. The van der Waals surface area contributed by atoms with E-state index in [9.17, 15) is 9.59 Å². The zero-order chi connectivity index (χ0) is 13.8. The number of carbonyl (C=O) groups excluding carboxylic acids is 2. The third kappa shape index (κ3) is 3.25. The van der Waals surface area contributed by atoms with Crippen molar-refractivity contribution in [1.82, 2.24) is 4.90 Å². The van der Waals surface area contributed by atoms with Crippen LogP contribution in [0.25, 0.3) is 0 Å². The summed E-state index contributed by atoms with van der Waals surface area (Å²) in [4.78, 5) is 25.0. The van der Waals surface area contributed by atoms with Crippen LogP contribution in [0.5, 0.6) is 0 Å². The van der Waals surface area contributed by atoms with Crippen molar-refractivity contribution in [1.29, 1.82) is 0 Å². The van der Waals surface area contributed by atoms with Gasteiger partial charge in [0.25, 0.3) is 0 Å². The molecule has 4 heteroatoms. The molecule has 1 amide bonds. The Morgan fingerprint density at radius 3 is 2.67 bits per heavy atom. The Labute approximate surface area is 109 Å². The molecule has 0 bridgehead atoms. The van der Waals surface area contributed by atoms with Crippen LogP contribution in [-0.4, -0.2) is 35.0 Å². The molecule has 100 valence electrons. The molecule has 1 aliphatic heterocycles. The Kier molecular flexibility index (Phi) is 4.39. The van der Waals surface area contributed by atoms with Crippen molar-refractivity contribution in [3.05, 3.63) is 0 Å². The first-order valence-corrected chi connectivity index (χ1v) is 6.25. The van der Waals surface area contributed by atoms with E-state index >= 15 is 0 Å². The average Bonchev–Trinajstić information content (AvgIpc) is 2.27. The molecule has 1 heterocycles. The van der Waals surface area contributed by atoms with Gasteiger partial charge in [0.1, 0.15) is 17.4 Å². The molecule has 1 aliphatic rings. The first kappa shape index (κ1) is 14.6. The first-order valence-electron chi connectivity index (χ1n) is 6.25. The Bertz CT molecular complexity index is 364. The van der Waals surface area contributed by atoms with E-state index in [0.717, 1.165) is 19.1 Å². The summed E-state index contributed by atoms with van der Waals surface area (Å²) in [7, 11) is 0. The number of ether oxygens (including phenoxy) is 1. The van der Waals surface area contributed by atoms with Crippen LogP contribution in [0.2, 0.25) is 0 Å². The number of carbonyl (C=O) groups is 2. The fraction of sp³-hybridized carbons (Fsp3) is 0.714. The van der Waals surface area contributed by atoms with E-state index in [4.69, 9.17) is 11.2 Å². The number of hydrogen-bond donors (Lipinski definition) is 0. The lowest BCUT2D eigenvalue weighted by atomic mass is 9.85. The third-order valence-electron chi connectivity index (χ3n) is 3.02. The minimum atomic E-state index is -0.880. The number of terminal acetylenes is 1. The summed E-state index contributed by atoms with van der Waals surface area (Å²) in [6.07, 6.45) is 8.30. The summed E-state index contributed by atoms with van der Waals surface area (Å²) in [5.41, 5.74) is -1.45. The predicted molar refractivity (Wildman–Crippen MR) is 69.0 cm³/mol. The molecule has 1 saturated heterocycles. The fourth-order valence-corrected chi connectivity index (χ4v) is 2.17. The van der Waals surface area contributed by atoms with Gasteiger partial charge in [-0.1, -0.05) is 0 Å². The van der Waals surface area contributed by atoms with Crippen molar-refractivity contribution in [2.45, 2.75) is 57.6 Å². The van der Waals surface area contributed by atoms with Gasteiger partial charge in [-0.2, -0.15) is 0 Å². The van der Waals surface area contributed by atoms with E-state index in [1.807, 2.05) is 0 Å². The Morgan fingerprint density at radius 2 is 2.17 bits per heavy atom. The fourth-order valence-electron chi connectivity index (χ4n) is 2.17. The molecule has 0 saturated carbocycles. The van der Waals surface area contributed by atoms with E-state index in [-0.39, 0.29) is 6.42 Å². The van der Waals surface area contributed by atoms with Crippen LogP contribution in [0.1, 0.15) is 46.5 Å². The maximum absolute atomic E-state index is 12.1. The van der Waals surface area contributed by atoms with Crippen molar-refractivity contribution in [3.63, 3.8) is 0 Å². The topological polar surface area (TPSA) is 46.6 Å². The molecule has 0 aromatic carbocycles. The smallest absolute Gasteiger partial charge is 0.411 e. The minimum absolute atomic E-state index is 0.246. The summed E-state index contributed by atoms with van der Waals surface area (Å²) in [5.74, 6) is 2.50. The predicted octanol–water partition coefficient (Wildman–Crippen LogP) is 2.37. The summed E-state index contributed by atoms with van der Waals surface area (Å²) in [6, 6.07) is 0. The molecule has 0 N–H and O–H groups in total. The molecule has 1 atom stereocenters. The molecular formula is C14H21NO3. The number of aldehydes is 1. The molecule has 0 aromatic rings. The van der Waals surface area contributed by atoms with Crippen LogP contribution in [0.15, 0.2) is 0 Å². The molecule has 0 radical (unpaired) electrons. The monoisotopic (exact) mass is 251 g/mol. The Morgan fingerprint density at radius 1 is 1.50 bits per heavy atom. The van der Waals surface area contributed by atoms with Crippen molar-refractivity contribution in [3.8, 4) is 12.3 Å². The maximum Gasteiger partial charge on any atom is 0.411 e. The first-order chi connectivity index (χ1) is 8.34. The molecule has 0 aromatic heterocycles. The highest BCUT2D eigenvalue weighted by atomic mass is 16.6. The highest BCUT2D eigenvalue weighted by Gasteiger charge is 2.42. The number of piperidine rings is 1. The van der Waals surface area contributed by atoms with Crippen molar-refractivity contribution < 1.29 is 14.3 Å². The van der Waals surface area contributed by atoms with Crippen LogP contribution in [0.4, 0.5) is 4.79 Å². The highest BCUT2D eigenvalue weighted by molar-refractivity contribution is 5.77. The molecule has 4 nitrogen and oxygen atoms in total. The Balaban J connectivity index is 2.92. The van der Waals surface area contributed by atoms with Gasteiger partial charge in [-0.3, -0.25) is 4.90 Å². The second-order valence-electron chi connectivity index (χ2n) is 5.69. The van der Waals surface area contributed by atoms with Gasteiger partial charge in [-0.15, -0.1) is 12.3 Å². The van der Waals surface area contributed by atoms with Gasteiger partial charge in [0.15, 0.2) is 0 Å². The van der Waals surface area contributed by atoms with Gasteiger partial charge in [-0.25, -0.2) is 4.79 Å². The molecule has 0 aliphatic carbocycles. The zero-order valence-electron chi connectivity index (χ0n) is 11.4. The van der Waals surface area contributed by atoms with Gasteiger partial charge in [0.2, 0.25) is 0 Å². The normalized spacial score (nSPS) is 24.2. The van der Waals surface area contributed by atoms with E-state index in [1.54, 1.807) is 20.8 Å². The number of likely N-dealkylation sites (tertiary alicyclic amines) is 1. The average molecular weight is 251 g/mol. The van der Waals surface area contributed by atoms with E-state index in [1.165, 1.54) is 4.90 Å². The SMILES string of the molecule is C#CCC1(C=O)CCCCN1C(=O)OC(C)(C)C. The minimum Gasteiger partial charge on any atom is -0.444 e. The zero-order valence-corrected chi connectivity index (χ0v) is 11.4. The van der Waals surface area contributed by atoms with E-state index in [2.05, 4.69) is 5.92 Å². The molecule has 1 rings (SSSR count). The second-order valence-corrected chi connectivity index (χ2v) is 5.69. The van der Waals surface area contributed by atoms with Crippen molar-refractivity contribution in [2.24, 2.45) is 0 Å². The van der Waals surface area contributed by atoms with Crippen LogP contribution >= 0.6 is 0 Å². The number of rotatable bonds is 2. The Hall–Kier alpha value is -1.50. The largest absolute Gasteiger partial charge is 0.444 e. The number of hydrogen-bond acceptors (Lipinski definition) is 3. The van der Waals surface area contributed by atoms with Crippen LogP contribution in [-0.2, 0) is 9.53 Å². The van der Waals surface area contributed by atoms with Gasteiger partial charge < -0.3 is 9.53 Å². The van der Waals surface area contributed by atoms with Crippen molar-refractivity contribution in [2.75, 3.05) is 6.54 Å². The molecule has 0 spiro atoms. The standard InChI is InChI=1S/C14H21NO3/c1-5-8-14(11-16)9-6-7-10-15(14)12(17)18-13(2,3)4/h1,11H,6-10H2,2-4H3. The molecule has 18 heavy (non-hydrogen) atoms. The van der Waals surface area contributed by atoms with E-state index in [0.29, 0.717) is 13.0 Å². The molecule has 1 fully saturated rings. The maximum atomic E-state index is 12.1. The summed E-state index contributed by atoms with van der Waals surface area (Å²) < 4.78 is 5.34. The quantitative estimate of drug-likeness (QED) is 0.559. The lowest BCUT2D eigenvalue weighted by Gasteiger charge is -2.42.